The van der Waals surface area contributed by atoms with Crippen molar-refractivity contribution in [3.05, 3.63) is 98.2 Å². The number of benzene rings is 2. The Kier molecular flexibility index (Phi) is 6.61. The number of imidazole rings is 1. The van der Waals surface area contributed by atoms with E-state index in [1.807, 2.05) is 54.7 Å². The molecular weight excluding hydrogens is 530 g/mol. The molecule has 35 heavy (non-hydrogen) atoms. The maximum atomic E-state index is 13.4. The van der Waals surface area contributed by atoms with Crippen molar-refractivity contribution in [3.63, 3.8) is 0 Å². The van der Waals surface area contributed by atoms with Gasteiger partial charge in [0.2, 0.25) is 5.82 Å². The van der Waals surface area contributed by atoms with Crippen molar-refractivity contribution in [2.75, 3.05) is 0 Å². The van der Waals surface area contributed by atoms with Crippen LogP contribution in [0.4, 0.5) is 0 Å². The molecule has 8 nitrogen and oxygen atoms in total. The predicted molar refractivity (Wildman–Crippen MR) is 139 cm³/mol. The van der Waals surface area contributed by atoms with Gasteiger partial charge >= 0.3 is 5.69 Å². The topological polar surface area (TPSA) is 94.3 Å². The molecule has 0 aliphatic carbocycles. The smallest absolute Gasteiger partial charge is 0.292 e. The summed E-state index contributed by atoms with van der Waals surface area (Å²) in [6.45, 7) is 2.50. The number of hydrogen-bond donors (Lipinski definition) is 1. The number of aryl methyl sites for hydroxylation is 1. The number of nitrogens with one attached hydrogen (secondary N) is 1. The molecule has 1 N–H and O–H groups in total. The highest BCUT2D eigenvalue weighted by Crippen LogP contribution is 2.29. The van der Waals surface area contributed by atoms with Crippen LogP contribution in [0.25, 0.3) is 28.3 Å². The van der Waals surface area contributed by atoms with Crippen LogP contribution in [0.5, 0.6) is 0 Å². The highest BCUT2D eigenvalue weighted by Gasteiger charge is 2.17. The highest BCUT2D eigenvalue weighted by atomic mass is 79.9. The summed E-state index contributed by atoms with van der Waals surface area (Å²) in [6.07, 6.45) is 5.36. The fraction of sp³-hybridized carbons (Fsp3) is 0.160. The van der Waals surface area contributed by atoms with Crippen molar-refractivity contribution in [2.45, 2.75) is 26.3 Å². The SMILES string of the molecule is CCCc1cn(-c2c(Cl)cccc2Br)c(=O)n1Cc1ccc(-c2ccccc2-c2nn[nH]n2)nc1. The molecule has 10 heteroatoms. The second kappa shape index (κ2) is 9.97. The predicted octanol–water partition coefficient (Wildman–Crippen LogP) is 5.30. The molecule has 0 amide bonds. The first-order chi connectivity index (χ1) is 17.1. The van der Waals surface area contributed by atoms with Crippen molar-refractivity contribution < 1.29 is 0 Å². The summed E-state index contributed by atoms with van der Waals surface area (Å²) < 4.78 is 4.16. The van der Waals surface area contributed by atoms with Crippen molar-refractivity contribution in [2.24, 2.45) is 0 Å². The number of aromatic nitrogens is 7. The number of halogens is 2. The molecule has 3 heterocycles. The number of aromatic amines is 1. The fourth-order valence-corrected chi connectivity index (χ4v) is 5.01. The van der Waals surface area contributed by atoms with Gasteiger partial charge in [-0.05, 0) is 51.3 Å². The third kappa shape index (κ3) is 4.56. The van der Waals surface area contributed by atoms with Gasteiger partial charge in [-0.1, -0.05) is 61.3 Å². The van der Waals surface area contributed by atoms with Gasteiger partial charge in [0.1, 0.15) is 0 Å². The van der Waals surface area contributed by atoms with Crippen LogP contribution in [-0.4, -0.2) is 34.7 Å². The molecule has 0 unspecified atom stereocenters. The standard InChI is InChI=1S/C25H21BrClN7O/c1-2-6-17-15-34(23-20(26)9-5-10-21(23)27)25(35)33(17)14-16-11-12-22(28-13-16)18-7-3-4-8-19(18)24-29-31-32-30-24/h3-5,7-13,15H,2,6,14H2,1H3,(H,29,30,31,32). The summed E-state index contributed by atoms with van der Waals surface area (Å²) in [5.74, 6) is 0.509. The largest absolute Gasteiger partial charge is 0.333 e. The van der Waals surface area contributed by atoms with Gasteiger partial charge in [0.15, 0.2) is 0 Å². The molecule has 5 rings (SSSR count). The van der Waals surface area contributed by atoms with Crippen molar-refractivity contribution in [1.82, 2.24) is 34.7 Å². The van der Waals surface area contributed by atoms with Crippen LogP contribution in [0, 0.1) is 0 Å². The van der Waals surface area contributed by atoms with Gasteiger partial charge in [-0.25, -0.2) is 4.79 Å². The maximum Gasteiger partial charge on any atom is 0.333 e. The maximum absolute atomic E-state index is 13.4. The molecule has 0 fully saturated rings. The summed E-state index contributed by atoms with van der Waals surface area (Å²) in [6, 6.07) is 17.2. The van der Waals surface area contributed by atoms with Crippen LogP contribution in [0.1, 0.15) is 24.6 Å². The Balaban J connectivity index is 1.49. The molecule has 0 spiro atoms. The zero-order valence-electron chi connectivity index (χ0n) is 18.8. The summed E-state index contributed by atoms with van der Waals surface area (Å²) in [5.41, 5.74) is 4.88. The zero-order valence-corrected chi connectivity index (χ0v) is 21.2. The summed E-state index contributed by atoms with van der Waals surface area (Å²) >= 11 is 9.97. The van der Waals surface area contributed by atoms with Gasteiger partial charge in [0.05, 0.1) is 22.9 Å². The number of para-hydroxylation sites is 1. The molecule has 2 aromatic carbocycles. The van der Waals surface area contributed by atoms with E-state index in [2.05, 4.69) is 48.5 Å². The van der Waals surface area contributed by atoms with Crippen molar-refractivity contribution in [3.8, 4) is 28.3 Å². The summed E-state index contributed by atoms with van der Waals surface area (Å²) in [4.78, 5) is 18.1. The Morgan fingerprint density at radius 3 is 2.57 bits per heavy atom. The van der Waals surface area contributed by atoms with Crippen LogP contribution in [0.2, 0.25) is 5.02 Å². The lowest BCUT2D eigenvalue weighted by atomic mass is 10.0. The minimum absolute atomic E-state index is 0.145. The Morgan fingerprint density at radius 1 is 1.06 bits per heavy atom. The molecule has 0 aliphatic rings. The van der Waals surface area contributed by atoms with Crippen LogP contribution >= 0.6 is 27.5 Å². The molecule has 0 bridgehead atoms. The van der Waals surface area contributed by atoms with Gasteiger partial charge in [-0.3, -0.25) is 14.1 Å². The quantitative estimate of drug-likeness (QED) is 0.297. The Bertz CT molecular complexity index is 1500. The van der Waals surface area contributed by atoms with Crippen LogP contribution in [0.15, 0.2) is 76.3 Å². The molecule has 5 aromatic rings. The number of pyridine rings is 1. The number of H-pyrrole nitrogens is 1. The van der Waals surface area contributed by atoms with Gasteiger partial charge in [-0.2, -0.15) is 5.21 Å². The number of rotatable bonds is 7. The molecule has 0 radical (unpaired) electrons. The van der Waals surface area contributed by atoms with Crippen LogP contribution < -0.4 is 5.69 Å². The average molecular weight is 551 g/mol. The Hall–Kier alpha value is -3.56. The van der Waals surface area contributed by atoms with Crippen LogP contribution in [-0.2, 0) is 13.0 Å². The third-order valence-electron chi connectivity index (χ3n) is 5.70. The average Bonchev–Trinajstić information content (AvgIpc) is 3.50. The molecule has 3 aromatic heterocycles. The molecule has 0 atom stereocenters. The van der Waals surface area contributed by atoms with Gasteiger partial charge < -0.3 is 0 Å². The first kappa shape index (κ1) is 23.2. The molecule has 0 saturated carbocycles. The molecule has 0 saturated heterocycles. The lowest BCUT2D eigenvalue weighted by Gasteiger charge is -2.09. The normalized spacial score (nSPS) is 11.2. The molecular formula is C25H21BrClN7O. The highest BCUT2D eigenvalue weighted by molar-refractivity contribution is 9.10. The minimum atomic E-state index is -0.145. The van der Waals surface area contributed by atoms with E-state index in [1.54, 1.807) is 21.4 Å². The van der Waals surface area contributed by atoms with E-state index < -0.39 is 0 Å². The molecule has 0 aliphatic heterocycles. The number of hydrogen-bond acceptors (Lipinski definition) is 5. The second-order valence-electron chi connectivity index (χ2n) is 8.01. The van der Waals surface area contributed by atoms with E-state index in [4.69, 9.17) is 11.6 Å². The van der Waals surface area contributed by atoms with Crippen molar-refractivity contribution >= 4 is 27.5 Å². The first-order valence-corrected chi connectivity index (χ1v) is 12.3. The van der Waals surface area contributed by atoms with Crippen molar-refractivity contribution in [1.29, 1.82) is 0 Å². The van der Waals surface area contributed by atoms with E-state index in [1.165, 1.54) is 0 Å². The summed E-state index contributed by atoms with van der Waals surface area (Å²) in [7, 11) is 0. The number of tetrazole rings is 1. The first-order valence-electron chi connectivity index (χ1n) is 11.1. The van der Waals surface area contributed by atoms with Crippen LogP contribution in [0.3, 0.4) is 0 Å². The van der Waals surface area contributed by atoms with E-state index in [0.29, 0.717) is 23.1 Å². The lowest BCUT2D eigenvalue weighted by Crippen LogP contribution is -2.25. The van der Waals surface area contributed by atoms with Gasteiger partial charge in [0, 0.05) is 33.7 Å². The lowest BCUT2D eigenvalue weighted by molar-refractivity contribution is 0.690. The number of nitrogens with zero attached hydrogens (tertiary/aromatic N) is 6. The fourth-order valence-electron chi connectivity index (χ4n) is 4.07. The monoisotopic (exact) mass is 549 g/mol. The van der Waals surface area contributed by atoms with E-state index >= 15 is 0 Å². The Morgan fingerprint density at radius 2 is 1.89 bits per heavy atom. The Labute approximate surface area is 214 Å². The van der Waals surface area contributed by atoms with E-state index in [9.17, 15) is 4.79 Å². The van der Waals surface area contributed by atoms with Gasteiger partial charge in [0.25, 0.3) is 0 Å². The second-order valence-corrected chi connectivity index (χ2v) is 9.27. The third-order valence-corrected chi connectivity index (χ3v) is 6.65. The summed E-state index contributed by atoms with van der Waals surface area (Å²) in [5, 5.41) is 14.8. The van der Waals surface area contributed by atoms with Gasteiger partial charge in [-0.15, -0.1) is 10.2 Å². The zero-order chi connectivity index (χ0) is 24.4. The minimum Gasteiger partial charge on any atom is -0.292 e. The van der Waals surface area contributed by atoms with E-state index in [-0.39, 0.29) is 5.69 Å². The molecule has 176 valence electrons. The van der Waals surface area contributed by atoms with E-state index in [0.717, 1.165) is 45.4 Å².